The number of nitrogens with one attached hydrogen (secondary N) is 1. The largest absolute Gasteiger partial charge is 0.490 e. The van der Waals surface area contributed by atoms with Crippen LogP contribution in [0.25, 0.3) is 6.08 Å². The first-order chi connectivity index (χ1) is 18.7. The van der Waals surface area contributed by atoms with Crippen molar-refractivity contribution in [2.45, 2.75) is 26.9 Å². The lowest BCUT2D eigenvalue weighted by molar-refractivity contribution is -0.122. The molecule has 0 unspecified atom stereocenters. The van der Waals surface area contributed by atoms with Gasteiger partial charge in [0.15, 0.2) is 11.5 Å². The van der Waals surface area contributed by atoms with Gasteiger partial charge in [0.2, 0.25) is 0 Å². The van der Waals surface area contributed by atoms with Crippen LogP contribution in [0.4, 0.5) is 14.9 Å². The van der Waals surface area contributed by atoms with Gasteiger partial charge in [0.1, 0.15) is 18.0 Å². The first-order valence-corrected chi connectivity index (χ1v) is 12.6. The molecular formula is C30H26ClFN2O5. The summed E-state index contributed by atoms with van der Waals surface area (Å²) in [6, 6.07) is 13.4. The minimum absolute atomic E-state index is 0.0966. The predicted molar refractivity (Wildman–Crippen MR) is 147 cm³/mol. The summed E-state index contributed by atoms with van der Waals surface area (Å²) in [6.07, 6.45) is 3.46. The molecule has 3 aromatic carbocycles. The van der Waals surface area contributed by atoms with E-state index < -0.39 is 17.8 Å². The molecule has 0 aliphatic carbocycles. The van der Waals surface area contributed by atoms with Gasteiger partial charge >= 0.3 is 6.03 Å². The van der Waals surface area contributed by atoms with Crippen molar-refractivity contribution < 1.29 is 28.2 Å². The fraction of sp³-hybridized carbons (Fsp3) is 0.167. The number of benzene rings is 3. The van der Waals surface area contributed by atoms with Crippen LogP contribution in [-0.2, 0) is 22.6 Å². The van der Waals surface area contributed by atoms with Crippen LogP contribution in [0.5, 0.6) is 11.5 Å². The number of hydrogen-bond donors (Lipinski definition) is 1. The maximum Gasteiger partial charge on any atom is 0.335 e. The van der Waals surface area contributed by atoms with Gasteiger partial charge in [0.05, 0.1) is 12.3 Å². The van der Waals surface area contributed by atoms with Crippen LogP contribution >= 0.6 is 11.6 Å². The smallest absolute Gasteiger partial charge is 0.335 e. The van der Waals surface area contributed by atoms with E-state index in [0.717, 1.165) is 4.90 Å². The highest BCUT2D eigenvalue weighted by molar-refractivity contribution is 6.40. The molecule has 0 saturated carbocycles. The Balaban J connectivity index is 1.74. The molecule has 4 rings (SSSR count). The van der Waals surface area contributed by atoms with Gasteiger partial charge in [-0.25, -0.2) is 14.1 Å². The fourth-order valence-corrected chi connectivity index (χ4v) is 4.33. The summed E-state index contributed by atoms with van der Waals surface area (Å²) in [4.78, 5) is 39.7. The van der Waals surface area contributed by atoms with Crippen molar-refractivity contribution in [3.63, 3.8) is 0 Å². The van der Waals surface area contributed by atoms with Crippen molar-refractivity contribution in [2.75, 3.05) is 11.5 Å². The summed E-state index contributed by atoms with van der Waals surface area (Å²) in [5.41, 5.74) is 2.34. The number of anilines is 1. The van der Waals surface area contributed by atoms with Gasteiger partial charge < -0.3 is 9.47 Å². The Morgan fingerprint density at radius 1 is 1.08 bits per heavy atom. The van der Waals surface area contributed by atoms with E-state index in [1.807, 2.05) is 6.92 Å². The number of halogens is 2. The van der Waals surface area contributed by atoms with E-state index in [1.165, 1.54) is 18.2 Å². The maximum atomic E-state index is 13.6. The molecule has 1 fully saturated rings. The Morgan fingerprint density at radius 3 is 2.56 bits per heavy atom. The lowest BCUT2D eigenvalue weighted by atomic mass is 10.0. The Bertz CT molecular complexity index is 1500. The van der Waals surface area contributed by atoms with E-state index in [1.54, 1.807) is 55.5 Å². The second kappa shape index (κ2) is 12.0. The highest BCUT2D eigenvalue weighted by atomic mass is 35.5. The molecule has 0 atom stereocenters. The Morgan fingerprint density at radius 2 is 1.85 bits per heavy atom. The molecule has 7 nitrogen and oxygen atoms in total. The third-order valence-corrected chi connectivity index (χ3v) is 6.39. The van der Waals surface area contributed by atoms with Gasteiger partial charge in [-0.3, -0.25) is 14.9 Å². The molecule has 4 amide bonds. The molecule has 3 aromatic rings. The predicted octanol–water partition coefficient (Wildman–Crippen LogP) is 6.16. The third-order valence-electron chi connectivity index (χ3n) is 5.98. The molecule has 0 spiro atoms. The summed E-state index contributed by atoms with van der Waals surface area (Å²) in [5.74, 6) is -1.17. The Hall–Kier alpha value is -4.43. The van der Waals surface area contributed by atoms with Crippen LogP contribution < -0.4 is 19.7 Å². The van der Waals surface area contributed by atoms with Gasteiger partial charge in [-0.2, -0.15) is 0 Å². The maximum absolute atomic E-state index is 13.6. The first-order valence-electron chi connectivity index (χ1n) is 12.2. The van der Waals surface area contributed by atoms with Gasteiger partial charge in [0.25, 0.3) is 11.8 Å². The molecule has 0 bridgehead atoms. The summed E-state index contributed by atoms with van der Waals surface area (Å²) in [6.45, 7) is 7.71. The quantitative estimate of drug-likeness (QED) is 0.197. The zero-order chi connectivity index (χ0) is 28.1. The molecule has 1 aliphatic rings. The SMILES string of the molecule is C=CCc1cc(/C=C2\C(=O)NC(=O)N(c3cccc(Cl)c3C)C2=O)cc(OCC)c1OCc1cccc(F)c1. The lowest BCUT2D eigenvalue weighted by Crippen LogP contribution is -2.54. The average molecular weight is 549 g/mol. The summed E-state index contributed by atoms with van der Waals surface area (Å²) >= 11 is 6.20. The molecule has 0 radical (unpaired) electrons. The molecule has 1 heterocycles. The van der Waals surface area contributed by atoms with E-state index in [4.69, 9.17) is 21.1 Å². The van der Waals surface area contributed by atoms with Crippen molar-refractivity contribution in [3.05, 3.63) is 106 Å². The lowest BCUT2D eigenvalue weighted by Gasteiger charge is -2.27. The Labute approximate surface area is 230 Å². The summed E-state index contributed by atoms with van der Waals surface area (Å²) in [7, 11) is 0. The van der Waals surface area contributed by atoms with Crippen LogP contribution in [0.15, 0.2) is 72.8 Å². The number of carbonyl (C=O) groups is 3. The van der Waals surface area contributed by atoms with Crippen molar-refractivity contribution in [2.24, 2.45) is 0 Å². The number of rotatable bonds is 9. The molecule has 1 N–H and O–H groups in total. The molecule has 1 saturated heterocycles. The zero-order valence-corrected chi connectivity index (χ0v) is 22.2. The van der Waals surface area contributed by atoms with Crippen LogP contribution in [0.2, 0.25) is 5.02 Å². The fourth-order valence-electron chi connectivity index (χ4n) is 4.16. The standard InChI is InChI=1S/C30H26ClFN2O5/c1-4-8-21-13-20(16-26(38-5-2)27(21)39-17-19-9-6-10-22(32)14-19)15-23-28(35)33-30(37)34(29(23)36)25-12-7-11-24(31)18(25)3/h4,6-7,9-16H,1,5,8,17H2,2-3H3,(H,33,35,37)/b23-15+. The monoisotopic (exact) mass is 548 g/mol. The highest BCUT2D eigenvalue weighted by Crippen LogP contribution is 2.36. The van der Waals surface area contributed by atoms with Gasteiger partial charge in [0, 0.05) is 10.6 Å². The second-order valence-electron chi connectivity index (χ2n) is 8.69. The number of ether oxygens (including phenoxy) is 2. The normalized spacial score (nSPS) is 14.4. The number of allylic oxidation sites excluding steroid dienone is 1. The van der Waals surface area contributed by atoms with E-state index in [-0.39, 0.29) is 23.7 Å². The summed E-state index contributed by atoms with van der Waals surface area (Å²) in [5, 5.41) is 2.60. The van der Waals surface area contributed by atoms with E-state index in [2.05, 4.69) is 11.9 Å². The molecule has 0 aromatic heterocycles. The van der Waals surface area contributed by atoms with Crippen LogP contribution in [-0.4, -0.2) is 24.5 Å². The van der Waals surface area contributed by atoms with Gasteiger partial charge in [-0.1, -0.05) is 35.9 Å². The molecule has 9 heteroatoms. The first kappa shape index (κ1) is 27.6. The molecule has 200 valence electrons. The number of imide groups is 2. The molecule has 1 aliphatic heterocycles. The van der Waals surface area contributed by atoms with Crippen molar-refractivity contribution >= 4 is 41.2 Å². The molecule has 39 heavy (non-hydrogen) atoms. The number of barbiturate groups is 1. The van der Waals surface area contributed by atoms with Crippen LogP contribution in [0.3, 0.4) is 0 Å². The number of hydrogen-bond acceptors (Lipinski definition) is 5. The number of amides is 4. The molecular weight excluding hydrogens is 523 g/mol. The minimum atomic E-state index is -0.865. The van der Waals surface area contributed by atoms with E-state index in [9.17, 15) is 18.8 Å². The average Bonchev–Trinajstić information content (AvgIpc) is 2.89. The minimum Gasteiger partial charge on any atom is -0.490 e. The van der Waals surface area contributed by atoms with E-state index in [0.29, 0.717) is 51.8 Å². The number of carbonyl (C=O) groups excluding carboxylic acids is 3. The second-order valence-corrected chi connectivity index (χ2v) is 9.10. The number of urea groups is 1. The summed E-state index contributed by atoms with van der Waals surface area (Å²) < 4.78 is 25.5. The van der Waals surface area contributed by atoms with Gasteiger partial charge in [-0.05, 0) is 79.4 Å². The van der Waals surface area contributed by atoms with Crippen LogP contribution in [0, 0.1) is 12.7 Å². The highest BCUT2D eigenvalue weighted by Gasteiger charge is 2.37. The van der Waals surface area contributed by atoms with Crippen molar-refractivity contribution in [1.29, 1.82) is 0 Å². The third kappa shape index (κ3) is 6.02. The Kier molecular flexibility index (Phi) is 8.46. The van der Waals surface area contributed by atoms with Crippen molar-refractivity contribution in [1.82, 2.24) is 5.32 Å². The van der Waals surface area contributed by atoms with Crippen LogP contribution in [0.1, 0.15) is 29.2 Å². The van der Waals surface area contributed by atoms with Gasteiger partial charge in [-0.15, -0.1) is 6.58 Å². The topological polar surface area (TPSA) is 84.9 Å². The van der Waals surface area contributed by atoms with E-state index >= 15 is 0 Å². The van der Waals surface area contributed by atoms with Crippen molar-refractivity contribution in [3.8, 4) is 11.5 Å². The number of nitrogens with zero attached hydrogens (tertiary/aromatic N) is 1. The zero-order valence-electron chi connectivity index (χ0n) is 21.4.